The van der Waals surface area contributed by atoms with E-state index in [0.717, 1.165) is 44.3 Å². The molecule has 4 rings (SSSR count). The molecule has 140 valence electrons. The highest BCUT2D eigenvalue weighted by molar-refractivity contribution is 5.88. The molecule has 1 unspecified atom stereocenters. The lowest BCUT2D eigenvalue weighted by atomic mass is 9.67. The number of fused-ring (bicyclic) bond motifs is 1. The predicted molar refractivity (Wildman–Crippen MR) is 105 cm³/mol. The van der Waals surface area contributed by atoms with Gasteiger partial charge in [-0.2, -0.15) is 0 Å². The molecule has 1 saturated heterocycles. The van der Waals surface area contributed by atoms with Crippen molar-refractivity contribution in [3.05, 3.63) is 36.0 Å². The number of nitrogens with two attached hydrogens (primary N) is 1. The van der Waals surface area contributed by atoms with Crippen LogP contribution in [0.5, 0.6) is 0 Å². The van der Waals surface area contributed by atoms with E-state index in [1.807, 2.05) is 6.07 Å². The van der Waals surface area contributed by atoms with Crippen LogP contribution >= 0.6 is 0 Å². The van der Waals surface area contributed by atoms with Crippen molar-refractivity contribution in [2.24, 2.45) is 5.73 Å². The lowest BCUT2D eigenvalue weighted by molar-refractivity contribution is -0.122. The first-order valence-electron chi connectivity index (χ1n) is 10.0. The van der Waals surface area contributed by atoms with Crippen LogP contribution in [-0.4, -0.2) is 36.1 Å². The Balaban J connectivity index is 1.75. The number of piperidine rings is 1. The van der Waals surface area contributed by atoms with Gasteiger partial charge >= 0.3 is 0 Å². The van der Waals surface area contributed by atoms with Gasteiger partial charge in [-0.05, 0) is 50.4 Å². The molecule has 0 spiro atoms. The summed E-state index contributed by atoms with van der Waals surface area (Å²) in [6.45, 7) is 1.82. The zero-order chi connectivity index (χ0) is 18.0. The number of carbonyl (C=O) groups excluding carboxylic acids is 1. The average Bonchev–Trinajstić information content (AvgIpc) is 3.12. The number of H-pyrrole nitrogens is 1. The third kappa shape index (κ3) is 3.14. The Hall–Kier alpha value is -1.85. The molecule has 1 aromatic heterocycles. The van der Waals surface area contributed by atoms with Gasteiger partial charge in [0.25, 0.3) is 0 Å². The Bertz CT molecular complexity index is 756. The van der Waals surface area contributed by atoms with Crippen LogP contribution < -0.4 is 16.4 Å². The minimum absolute atomic E-state index is 0.220. The lowest BCUT2D eigenvalue weighted by Gasteiger charge is -2.44. The maximum atomic E-state index is 12.6. The van der Waals surface area contributed by atoms with Gasteiger partial charge in [-0.25, -0.2) is 0 Å². The third-order valence-corrected chi connectivity index (χ3v) is 6.47. The molecule has 2 aliphatic rings. The van der Waals surface area contributed by atoms with Crippen LogP contribution in [0, 0.1) is 0 Å². The van der Waals surface area contributed by atoms with Gasteiger partial charge in [0.2, 0.25) is 5.91 Å². The van der Waals surface area contributed by atoms with E-state index in [2.05, 4.69) is 40.0 Å². The summed E-state index contributed by atoms with van der Waals surface area (Å²) in [5.41, 5.74) is 8.10. The van der Waals surface area contributed by atoms with E-state index in [-0.39, 0.29) is 17.4 Å². The second kappa shape index (κ2) is 7.41. The molecule has 1 atom stereocenters. The van der Waals surface area contributed by atoms with Crippen LogP contribution in [0.1, 0.15) is 50.5 Å². The first kappa shape index (κ1) is 17.6. The molecule has 1 aliphatic heterocycles. The summed E-state index contributed by atoms with van der Waals surface area (Å²) in [4.78, 5) is 16.0. The van der Waals surface area contributed by atoms with Crippen LogP contribution in [0.25, 0.3) is 10.9 Å². The highest BCUT2D eigenvalue weighted by Gasteiger charge is 2.46. The fraction of sp³-hybridized carbons (Fsp3) is 0.571. The minimum Gasteiger partial charge on any atom is -0.368 e. The van der Waals surface area contributed by atoms with Crippen molar-refractivity contribution >= 4 is 16.8 Å². The van der Waals surface area contributed by atoms with E-state index in [1.54, 1.807) is 0 Å². The monoisotopic (exact) mass is 354 g/mol. The van der Waals surface area contributed by atoms with Gasteiger partial charge in [0.1, 0.15) is 0 Å². The molecule has 26 heavy (non-hydrogen) atoms. The number of amides is 1. The zero-order valence-corrected chi connectivity index (χ0v) is 15.4. The summed E-state index contributed by atoms with van der Waals surface area (Å²) < 4.78 is 0. The van der Waals surface area contributed by atoms with Gasteiger partial charge in [-0.1, -0.05) is 37.5 Å². The number of aromatic amines is 1. The van der Waals surface area contributed by atoms with Gasteiger partial charge < -0.3 is 21.4 Å². The number of benzene rings is 1. The second-order valence-corrected chi connectivity index (χ2v) is 7.99. The van der Waals surface area contributed by atoms with Crippen LogP contribution in [-0.2, 0) is 10.2 Å². The molecular formula is C21H30N4O. The lowest BCUT2D eigenvalue weighted by Crippen LogP contribution is -2.61. The Morgan fingerprint density at radius 1 is 1.15 bits per heavy atom. The number of hydrogen-bond acceptors (Lipinski definition) is 3. The summed E-state index contributed by atoms with van der Waals surface area (Å²) >= 11 is 0. The molecule has 5 nitrogen and oxygen atoms in total. The summed E-state index contributed by atoms with van der Waals surface area (Å²) in [5, 5.41) is 8.37. The number of primary amides is 1. The molecule has 5 N–H and O–H groups in total. The smallest absolute Gasteiger partial charge is 0.235 e. The Kier molecular flexibility index (Phi) is 5.00. The van der Waals surface area contributed by atoms with Crippen LogP contribution in [0.15, 0.2) is 30.5 Å². The number of carbonyl (C=O) groups is 1. The van der Waals surface area contributed by atoms with Crippen molar-refractivity contribution in [2.75, 3.05) is 13.1 Å². The van der Waals surface area contributed by atoms with E-state index < -0.39 is 0 Å². The third-order valence-electron chi connectivity index (χ3n) is 6.47. The number of hydrogen-bond donors (Lipinski definition) is 4. The van der Waals surface area contributed by atoms with Crippen molar-refractivity contribution in [3.63, 3.8) is 0 Å². The van der Waals surface area contributed by atoms with Gasteiger partial charge in [0.05, 0.1) is 6.04 Å². The van der Waals surface area contributed by atoms with Crippen LogP contribution in [0.4, 0.5) is 0 Å². The number of rotatable bonds is 5. The quantitative estimate of drug-likeness (QED) is 0.666. The fourth-order valence-corrected chi connectivity index (χ4v) is 5.09. The van der Waals surface area contributed by atoms with Crippen molar-refractivity contribution in [3.8, 4) is 0 Å². The number of para-hydroxylation sites is 1. The summed E-state index contributed by atoms with van der Waals surface area (Å²) in [7, 11) is 0. The topological polar surface area (TPSA) is 82.9 Å². The maximum Gasteiger partial charge on any atom is 0.235 e. The van der Waals surface area contributed by atoms with Crippen LogP contribution in [0.2, 0.25) is 0 Å². The van der Waals surface area contributed by atoms with Crippen molar-refractivity contribution < 1.29 is 4.79 Å². The standard InChI is InChI=1S/C21H30N4O/c22-20(26)19(25-15-6-2-1-3-7-15)21(10-12-23-13-11-21)17-14-24-18-9-5-4-8-16(17)18/h4-5,8-9,14-15,19,23-25H,1-3,6-7,10-13H2,(H2,22,26). The van der Waals surface area contributed by atoms with E-state index in [4.69, 9.17) is 5.73 Å². The second-order valence-electron chi connectivity index (χ2n) is 7.99. The molecule has 0 radical (unpaired) electrons. The van der Waals surface area contributed by atoms with Crippen molar-refractivity contribution in [2.45, 2.75) is 62.4 Å². The van der Waals surface area contributed by atoms with Crippen molar-refractivity contribution in [1.29, 1.82) is 0 Å². The van der Waals surface area contributed by atoms with Gasteiger partial charge in [-0.3, -0.25) is 4.79 Å². The molecule has 2 heterocycles. The average molecular weight is 354 g/mol. The Morgan fingerprint density at radius 2 is 1.88 bits per heavy atom. The Labute approximate surface area is 155 Å². The number of aromatic nitrogens is 1. The first-order chi connectivity index (χ1) is 12.7. The largest absolute Gasteiger partial charge is 0.368 e. The van der Waals surface area contributed by atoms with Crippen LogP contribution in [0.3, 0.4) is 0 Å². The molecular weight excluding hydrogens is 324 g/mol. The predicted octanol–water partition coefficient (Wildman–Crippen LogP) is 2.57. The molecule has 1 amide bonds. The molecule has 5 heteroatoms. The number of nitrogens with one attached hydrogen (secondary N) is 3. The first-order valence-corrected chi connectivity index (χ1v) is 10.0. The summed E-state index contributed by atoms with van der Waals surface area (Å²) in [5.74, 6) is -0.220. The minimum atomic E-state index is -0.327. The fourth-order valence-electron chi connectivity index (χ4n) is 5.09. The zero-order valence-electron chi connectivity index (χ0n) is 15.4. The molecule has 1 aromatic carbocycles. The highest BCUT2D eigenvalue weighted by atomic mass is 16.1. The Morgan fingerprint density at radius 3 is 2.62 bits per heavy atom. The molecule has 0 bridgehead atoms. The van der Waals surface area contributed by atoms with Gasteiger partial charge in [-0.15, -0.1) is 0 Å². The van der Waals surface area contributed by atoms with Gasteiger partial charge in [0, 0.05) is 28.6 Å². The maximum absolute atomic E-state index is 12.6. The summed E-state index contributed by atoms with van der Waals surface area (Å²) in [6.07, 6.45) is 10.0. The van der Waals surface area contributed by atoms with Gasteiger partial charge in [0.15, 0.2) is 0 Å². The molecule has 1 aliphatic carbocycles. The highest BCUT2D eigenvalue weighted by Crippen LogP contribution is 2.41. The molecule has 2 aromatic rings. The SMILES string of the molecule is NC(=O)C(NC1CCCCC1)C1(c2c[nH]c3ccccc23)CCNCC1. The van der Waals surface area contributed by atoms with E-state index in [0.29, 0.717) is 6.04 Å². The van der Waals surface area contributed by atoms with E-state index >= 15 is 0 Å². The van der Waals surface area contributed by atoms with E-state index in [9.17, 15) is 4.79 Å². The van der Waals surface area contributed by atoms with E-state index in [1.165, 1.54) is 30.2 Å². The van der Waals surface area contributed by atoms with Crippen molar-refractivity contribution in [1.82, 2.24) is 15.6 Å². The summed E-state index contributed by atoms with van der Waals surface area (Å²) in [6, 6.07) is 8.45. The molecule has 1 saturated carbocycles. The molecule has 2 fully saturated rings. The normalized spacial score (nSPS) is 22.3.